The first kappa shape index (κ1) is 15.3. The molecule has 21 heavy (non-hydrogen) atoms. The minimum Gasteiger partial charge on any atom is -0.373 e. The monoisotopic (exact) mass is 307 g/mol. The highest BCUT2D eigenvalue weighted by molar-refractivity contribution is 6.33. The number of pyridine rings is 1. The van der Waals surface area contributed by atoms with Gasteiger partial charge in [-0.05, 0) is 36.2 Å². The predicted octanol–water partition coefficient (Wildman–Crippen LogP) is 2.89. The maximum Gasteiger partial charge on any atom is 0.271 e. The van der Waals surface area contributed by atoms with Gasteiger partial charge >= 0.3 is 0 Å². The second-order valence-corrected chi connectivity index (χ2v) is 4.82. The van der Waals surface area contributed by atoms with E-state index >= 15 is 0 Å². The lowest BCUT2D eigenvalue weighted by Gasteiger charge is -2.08. The summed E-state index contributed by atoms with van der Waals surface area (Å²) < 4.78 is 13.0. The minimum atomic E-state index is -0.353. The first-order valence-electron chi connectivity index (χ1n) is 6.47. The van der Waals surface area contributed by atoms with Crippen LogP contribution in [-0.2, 0) is 6.42 Å². The Morgan fingerprint density at radius 3 is 2.86 bits per heavy atom. The lowest BCUT2D eigenvalue weighted by atomic mass is 10.1. The Morgan fingerprint density at radius 2 is 2.14 bits per heavy atom. The summed E-state index contributed by atoms with van der Waals surface area (Å²) in [4.78, 5) is 16.1. The van der Waals surface area contributed by atoms with Gasteiger partial charge in [-0.2, -0.15) is 0 Å². The van der Waals surface area contributed by atoms with Crippen LogP contribution in [0.3, 0.4) is 0 Å². The third-order valence-corrected chi connectivity index (χ3v) is 3.21. The van der Waals surface area contributed by atoms with Crippen LogP contribution in [0, 0.1) is 5.82 Å². The molecular formula is C15H15ClFN3O. The zero-order chi connectivity index (χ0) is 15.2. The number of nitrogens with one attached hydrogen (secondary N) is 2. The number of benzene rings is 1. The topological polar surface area (TPSA) is 54.0 Å². The van der Waals surface area contributed by atoms with Gasteiger partial charge in [-0.15, -0.1) is 0 Å². The van der Waals surface area contributed by atoms with E-state index in [0.29, 0.717) is 18.8 Å². The summed E-state index contributed by atoms with van der Waals surface area (Å²) in [5, 5.41) is 5.86. The molecule has 0 spiro atoms. The summed E-state index contributed by atoms with van der Waals surface area (Å²) in [7, 11) is 1.71. The molecule has 1 amide bonds. The van der Waals surface area contributed by atoms with Crippen molar-refractivity contribution < 1.29 is 9.18 Å². The molecule has 6 heteroatoms. The molecule has 0 aliphatic rings. The summed E-state index contributed by atoms with van der Waals surface area (Å²) in [6, 6.07) is 9.57. The van der Waals surface area contributed by atoms with E-state index in [9.17, 15) is 9.18 Å². The van der Waals surface area contributed by atoms with Crippen LogP contribution in [0.1, 0.15) is 16.1 Å². The number of hydrogen-bond donors (Lipinski definition) is 2. The lowest BCUT2D eigenvalue weighted by Crippen LogP contribution is -2.27. The highest BCUT2D eigenvalue weighted by atomic mass is 35.5. The number of hydrogen-bond acceptors (Lipinski definition) is 3. The normalized spacial score (nSPS) is 10.2. The van der Waals surface area contributed by atoms with Crippen molar-refractivity contribution in [2.45, 2.75) is 6.42 Å². The van der Waals surface area contributed by atoms with Crippen molar-refractivity contribution in [3.63, 3.8) is 0 Å². The summed E-state index contributed by atoms with van der Waals surface area (Å²) in [5.41, 5.74) is 0.987. The van der Waals surface area contributed by atoms with Crippen molar-refractivity contribution in [1.29, 1.82) is 0 Å². The smallest absolute Gasteiger partial charge is 0.271 e. The van der Waals surface area contributed by atoms with Gasteiger partial charge in [0, 0.05) is 13.6 Å². The molecule has 0 fully saturated rings. The number of aromatic nitrogens is 1. The van der Waals surface area contributed by atoms with Crippen LogP contribution in [0.25, 0.3) is 0 Å². The molecule has 0 aliphatic carbocycles. The van der Waals surface area contributed by atoms with Gasteiger partial charge in [0.15, 0.2) is 0 Å². The predicted molar refractivity (Wildman–Crippen MR) is 81.2 cm³/mol. The van der Waals surface area contributed by atoms with Crippen LogP contribution < -0.4 is 10.6 Å². The fraction of sp³-hybridized carbons (Fsp3) is 0.200. The zero-order valence-electron chi connectivity index (χ0n) is 11.5. The number of anilines is 1. The van der Waals surface area contributed by atoms with Crippen molar-refractivity contribution in [2.24, 2.45) is 0 Å². The Morgan fingerprint density at radius 1 is 1.33 bits per heavy atom. The molecule has 1 aromatic heterocycles. The molecule has 0 bridgehead atoms. The quantitative estimate of drug-likeness (QED) is 0.893. The molecule has 110 valence electrons. The highest BCUT2D eigenvalue weighted by Crippen LogP contribution is 2.16. The van der Waals surface area contributed by atoms with Gasteiger partial charge < -0.3 is 10.6 Å². The number of amides is 1. The maximum atomic E-state index is 13.0. The maximum absolute atomic E-state index is 13.0. The molecule has 0 aliphatic heterocycles. The number of halogens is 2. The van der Waals surface area contributed by atoms with Crippen LogP contribution in [0.4, 0.5) is 10.2 Å². The summed E-state index contributed by atoms with van der Waals surface area (Å²) >= 11 is 5.96. The molecule has 0 atom stereocenters. The van der Waals surface area contributed by atoms with Crippen LogP contribution >= 0.6 is 11.6 Å². The van der Waals surface area contributed by atoms with E-state index < -0.39 is 0 Å². The third kappa shape index (κ3) is 4.16. The average Bonchev–Trinajstić information content (AvgIpc) is 2.47. The lowest BCUT2D eigenvalue weighted by molar-refractivity contribution is 0.0949. The van der Waals surface area contributed by atoms with Crippen molar-refractivity contribution >= 4 is 23.3 Å². The summed E-state index contributed by atoms with van der Waals surface area (Å²) in [6.07, 6.45) is 0.535. The standard InChI is InChI=1S/C15H15ClFN3O/c1-18-13-6-5-12(16)14(20-13)15(21)19-8-7-10-3-2-4-11(17)9-10/h2-6,9H,7-8H2,1H3,(H,18,20)(H,19,21). The van der Waals surface area contributed by atoms with Gasteiger partial charge in [-0.1, -0.05) is 23.7 Å². The molecule has 0 saturated carbocycles. The Balaban J connectivity index is 1.96. The van der Waals surface area contributed by atoms with Gasteiger partial charge in [0.1, 0.15) is 17.3 Å². The van der Waals surface area contributed by atoms with E-state index in [1.165, 1.54) is 12.1 Å². The van der Waals surface area contributed by atoms with Crippen molar-refractivity contribution in [1.82, 2.24) is 10.3 Å². The summed E-state index contributed by atoms with van der Waals surface area (Å²) in [5.74, 6) is -0.0755. The fourth-order valence-electron chi connectivity index (χ4n) is 1.84. The molecule has 2 aromatic rings. The highest BCUT2D eigenvalue weighted by Gasteiger charge is 2.12. The van der Waals surface area contributed by atoms with E-state index in [4.69, 9.17) is 11.6 Å². The second kappa shape index (κ2) is 7.04. The van der Waals surface area contributed by atoms with Crippen LogP contribution in [-0.4, -0.2) is 24.5 Å². The van der Waals surface area contributed by atoms with Crippen LogP contribution in [0.2, 0.25) is 5.02 Å². The van der Waals surface area contributed by atoms with Gasteiger partial charge in [0.05, 0.1) is 5.02 Å². The first-order chi connectivity index (χ1) is 10.1. The SMILES string of the molecule is CNc1ccc(Cl)c(C(=O)NCCc2cccc(F)c2)n1. The number of carbonyl (C=O) groups excluding carboxylic acids is 1. The minimum absolute atomic E-state index is 0.169. The molecule has 2 N–H and O–H groups in total. The Kier molecular flexibility index (Phi) is 5.11. The third-order valence-electron chi connectivity index (χ3n) is 2.91. The van der Waals surface area contributed by atoms with Crippen LogP contribution in [0.15, 0.2) is 36.4 Å². The molecule has 2 rings (SSSR count). The molecule has 0 saturated heterocycles. The van der Waals surface area contributed by atoms with Crippen LogP contribution in [0.5, 0.6) is 0 Å². The Hall–Kier alpha value is -2.14. The van der Waals surface area contributed by atoms with E-state index in [2.05, 4.69) is 15.6 Å². The van der Waals surface area contributed by atoms with E-state index in [1.54, 1.807) is 25.2 Å². The molecule has 1 heterocycles. The Labute approximate surface area is 127 Å². The largest absolute Gasteiger partial charge is 0.373 e. The first-order valence-corrected chi connectivity index (χ1v) is 6.85. The van der Waals surface area contributed by atoms with Gasteiger partial charge in [0.2, 0.25) is 0 Å². The molecule has 4 nitrogen and oxygen atoms in total. The van der Waals surface area contributed by atoms with Gasteiger partial charge in [-0.3, -0.25) is 4.79 Å². The van der Waals surface area contributed by atoms with E-state index in [0.717, 1.165) is 5.56 Å². The van der Waals surface area contributed by atoms with Crippen molar-refractivity contribution in [3.05, 3.63) is 58.5 Å². The van der Waals surface area contributed by atoms with Gasteiger partial charge in [-0.25, -0.2) is 9.37 Å². The van der Waals surface area contributed by atoms with E-state index in [1.807, 2.05) is 6.07 Å². The summed E-state index contributed by atoms with van der Waals surface area (Å²) in [6.45, 7) is 0.379. The fourth-order valence-corrected chi connectivity index (χ4v) is 2.03. The molecular weight excluding hydrogens is 293 g/mol. The number of carbonyl (C=O) groups is 1. The van der Waals surface area contributed by atoms with E-state index in [-0.39, 0.29) is 22.4 Å². The number of rotatable bonds is 5. The second-order valence-electron chi connectivity index (χ2n) is 4.41. The Bertz CT molecular complexity index is 649. The van der Waals surface area contributed by atoms with Crippen molar-refractivity contribution in [3.8, 4) is 0 Å². The average molecular weight is 308 g/mol. The molecule has 0 radical (unpaired) electrons. The zero-order valence-corrected chi connectivity index (χ0v) is 12.2. The molecule has 1 aromatic carbocycles. The van der Waals surface area contributed by atoms with Crippen molar-refractivity contribution in [2.75, 3.05) is 18.9 Å². The van der Waals surface area contributed by atoms with Gasteiger partial charge in [0.25, 0.3) is 5.91 Å². The molecule has 0 unspecified atom stereocenters. The number of nitrogens with zero attached hydrogens (tertiary/aromatic N) is 1.